The molecule has 0 saturated heterocycles. The molecule has 0 aromatic carbocycles. The highest BCUT2D eigenvalue weighted by Crippen LogP contribution is 2.27. The van der Waals surface area contributed by atoms with Gasteiger partial charge < -0.3 is 15.6 Å². The first-order chi connectivity index (χ1) is 7.99. The Morgan fingerprint density at radius 2 is 2.18 bits per heavy atom. The molecule has 1 rings (SSSR count). The van der Waals surface area contributed by atoms with Gasteiger partial charge in [-0.15, -0.1) is 0 Å². The van der Waals surface area contributed by atoms with Crippen molar-refractivity contribution in [3.63, 3.8) is 0 Å². The van der Waals surface area contributed by atoms with Crippen molar-refractivity contribution >= 4 is 5.97 Å². The molecular weight excluding hydrogens is 218 g/mol. The summed E-state index contributed by atoms with van der Waals surface area (Å²) in [5, 5.41) is 9.03. The van der Waals surface area contributed by atoms with Crippen LogP contribution in [0.5, 0.6) is 0 Å². The molecule has 0 saturated carbocycles. The van der Waals surface area contributed by atoms with Gasteiger partial charge in [-0.1, -0.05) is 20.8 Å². The molecule has 1 aliphatic rings. The number of rotatable bonds is 5. The summed E-state index contributed by atoms with van der Waals surface area (Å²) in [4.78, 5) is 11.0. The summed E-state index contributed by atoms with van der Waals surface area (Å²) in [5.41, 5.74) is 6.35. The first-order valence-electron chi connectivity index (χ1n) is 6.34. The van der Waals surface area contributed by atoms with Crippen LogP contribution in [0.1, 0.15) is 40.0 Å². The number of hydrogen-bond donors (Lipinski definition) is 2. The Kier molecular flexibility index (Phi) is 5.15. The summed E-state index contributed by atoms with van der Waals surface area (Å²) in [7, 11) is 0. The molecule has 0 aromatic rings. The molecule has 3 atom stereocenters. The van der Waals surface area contributed by atoms with Crippen LogP contribution in [-0.4, -0.2) is 29.3 Å². The fourth-order valence-corrected chi connectivity index (χ4v) is 2.13. The maximum Gasteiger partial charge on any atom is 0.331 e. The predicted molar refractivity (Wildman–Crippen MR) is 66.7 cm³/mol. The second kappa shape index (κ2) is 6.17. The van der Waals surface area contributed by atoms with Crippen LogP contribution in [-0.2, 0) is 9.53 Å². The quantitative estimate of drug-likeness (QED) is 0.771. The van der Waals surface area contributed by atoms with Crippen LogP contribution in [0.4, 0.5) is 0 Å². The Balaban J connectivity index is 2.79. The average Bonchev–Trinajstić information content (AvgIpc) is 2.30. The third-order valence-corrected chi connectivity index (χ3v) is 3.55. The van der Waals surface area contributed by atoms with Crippen molar-refractivity contribution < 1.29 is 14.6 Å². The van der Waals surface area contributed by atoms with E-state index in [0.29, 0.717) is 12.0 Å². The lowest BCUT2D eigenvalue weighted by Crippen LogP contribution is -2.42. The minimum absolute atomic E-state index is 0.134. The summed E-state index contributed by atoms with van der Waals surface area (Å²) >= 11 is 0. The van der Waals surface area contributed by atoms with Crippen molar-refractivity contribution in [1.29, 1.82) is 0 Å². The van der Waals surface area contributed by atoms with E-state index in [4.69, 9.17) is 15.6 Å². The van der Waals surface area contributed by atoms with Gasteiger partial charge in [0, 0.05) is 17.5 Å². The largest absolute Gasteiger partial charge is 0.478 e. The molecule has 0 amide bonds. The zero-order valence-electron chi connectivity index (χ0n) is 10.8. The van der Waals surface area contributed by atoms with Gasteiger partial charge in [-0.25, -0.2) is 4.79 Å². The lowest BCUT2D eigenvalue weighted by molar-refractivity contribution is -0.133. The first kappa shape index (κ1) is 14.2. The van der Waals surface area contributed by atoms with Crippen molar-refractivity contribution in [1.82, 2.24) is 0 Å². The number of hydrogen-bond acceptors (Lipinski definition) is 3. The molecule has 0 aliphatic heterocycles. The molecule has 0 unspecified atom stereocenters. The van der Waals surface area contributed by atoms with Gasteiger partial charge in [-0.3, -0.25) is 0 Å². The minimum atomic E-state index is -0.884. The molecule has 17 heavy (non-hydrogen) atoms. The molecule has 0 heterocycles. The highest BCUT2D eigenvalue weighted by atomic mass is 16.5. The van der Waals surface area contributed by atoms with Crippen molar-refractivity contribution in [2.75, 3.05) is 0 Å². The van der Waals surface area contributed by atoms with Crippen LogP contribution in [0.15, 0.2) is 11.6 Å². The van der Waals surface area contributed by atoms with Crippen molar-refractivity contribution in [3.05, 3.63) is 11.6 Å². The summed E-state index contributed by atoms with van der Waals surface area (Å²) in [5.74, 6) is -0.718. The molecule has 0 radical (unpaired) electrons. The number of carbonyl (C=O) groups is 1. The van der Waals surface area contributed by atoms with E-state index >= 15 is 0 Å². The Labute approximate surface area is 103 Å². The highest BCUT2D eigenvalue weighted by molar-refractivity contribution is 5.87. The van der Waals surface area contributed by atoms with Gasteiger partial charge >= 0.3 is 5.97 Å². The van der Waals surface area contributed by atoms with Crippen molar-refractivity contribution in [3.8, 4) is 0 Å². The normalized spacial score (nSPS) is 29.2. The fourth-order valence-electron chi connectivity index (χ4n) is 2.13. The van der Waals surface area contributed by atoms with Gasteiger partial charge in [0.2, 0.25) is 0 Å². The van der Waals surface area contributed by atoms with Gasteiger partial charge in [0.15, 0.2) is 0 Å². The minimum Gasteiger partial charge on any atom is -0.478 e. The maximum atomic E-state index is 11.0. The standard InChI is InChI=1S/C13H23NO3/c1-4-10(5-2)17-12-7-9(13(15)16)6-11(14)8(12)3/h7-8,10-12H,4-6,14H2,1-3H3,(H,15,16)/t8-,11+,12-/m1/s1. The van der Waals surface area contributed by atoms with Crippen LogP contribution in [0.2, 0.25) is 0 Å². The van der Waals surface area contributed by atoms with Gasteiger partial charge in [-0.2, -0.15) is 0 Å². The van der Waals surface area contributed by atoms with E-state index in [9.17, 15) is 4.79 Å². The number of aliphatic carboxylic acids is 1. The molecule has 0 bridgehead atoms. The second-order valence-electron chi connectivity index (χ2n) is 4.76. The molecular formula is C13H23NO3. The summed E-state index contributed by atoms with van der Waals surface area (Å²) < 4.78 is 5.93. The molecule has 4 nitrogen and oxygen atoms in total. The molecule has 3 N–H and O–H groups in total. The summed E-state index contributed by atoms with van der Waals surface area (Å²) in [6, 6.07) is -0.134. The predicted octanol–water partition coefficient (Wildman–Crippen LogP) is 1.94. The molecule has 1 aliphatic carbocycles. The number of carboxylic acids is 1. The SMILES string of the molecule is CCC(CC)O[C@@H]1C=C(C(=O)O)C[C@H](N)[C@H]1C. The summed E-state index contributed by atoms with van der Waals surface area (Å²) in [6.45, 7) is 6.17. The van der Waals surface area contributed by atoms with E-state index in [1.165, 1.54) is 0 Å². The van der Waals surface area contributed by atoms with E-state index in [1.54, 1.807) is 6.08 Å². The zero-order valence-corrected chi connectivity index (χ0v) is 10.8. The van der Waals surface area contributed by atoms with Crippen molar-refractivity contribution in [2.45, 2.75) is 58.3 Å². The maximum absolute atomic E-state index is 11.0. The average molecular weight is 241 g/mol. The lowest BCUT2D eigenvalue weighted by Gasteiger charge is -2.33. The third-order valence-electron chi connectivity index (χ3n) is 3.55. The smallest absolute Gasteiger partial charge is 0.331 e. The highest BCUT2D eigenvalue weighted by Gasteiger charge is 2.31. The van der Waals surface area contributed by atoms with Gasteiger partial charge in [0.1, 0.15) is 0 Å². The number of ether oxygens (including phenoxy) is 1. The summed E-state index contributed by atoms with van der Waals surface area (Å²) in [6.07, 6.45) is 4.04. The van der Waals surface area contributed by atoms with E-state index in [-0.39, 0.29) is 24.2 Å². The molecule has 0 aromatic heterocycles. The van der Waals surface area contributed by atoms with Gasteiger partial charge in [0.25, 0.3) is 0 Å². The van der Waals surface area contributed by atoms with Crippen molar-refractivity contribution in [2.24, 2.45) is 11.7 Å². The van der Waals surface area contributed by atoms with Gasteiger partial charge in [-0.05, 0) is 25.3 Å². The lowest BCUT2D eigenvalue weighted by atomic mass is 9.84. The first-order valence-corrected chi connectivity index (χ1v) is 6.34. The van der Waals surface area contributed by atoms with Crippen LogP contribution in [0.3, 0.4) is 0 Å². The zero-order chi connectivity index (χ0) is 13.0. The number of carboxylic acid groups (broad SMARTS) is 1. The Hall–Kier alpha value is -0.870. The topological polar surface area (TPSA) is 72.5 Å². The monoisotopic (exact) mass is 241 g/mol. The Bertz CT molecular complexity index is 297. The van der Waals surface area contributed by atoms with E-state index in [1.807, 2.05) is 6.92 Å². The molecule has 0 fully saturated rings. The van der Waals surface area contributed by atoms with Gasteiger partial charge in [0.05, 0.1) is 12.2 Å². The molecule has 98 valence electrons. The van der Waals surface area contributed by atoms with E-state index < -0.39 is 5.97 Å². The molecule has 4 heteroatoms. The van der Waals surface area contributed by atoms with E-state index in [0.717, 1.165) is 12.8 Å². The Morgan fingerprint density at radius 3 is 2.65 bits per heavy atom. The van der Waals surface area contributed by atoms with E-state index in [2.05, 4.69) is 13.8 Å². The third kappa shape index (κ3) is 3.54. The second-order valence-corrected chi connectivity index (χ2v) is 4.76. The Morgan fingerprint density at radius 1 is 1.59 bits per heavy atom. The van der Waals surface area contributed by atoms with Crippen LogP contribution >= 0.6 is 0 Å². The molecule has 0 spiro atoms. The fraction of sp³-hybridized carbons (Fsp3) is 0.769. The van der Waals surface area contributed by atoms with Crippen LogP contribution in [0, 0.1) is 5.92 Å². The van der Waals surface area contributed by atoms with Crippen LogP contribution in [0.25, 0.3) is 0 Å². The van der Waals surface area contributed by atoms with Crippen LogP contribution < -0.4 is 5.73 Å². The number of nitrogens with two attached hydrogens (primary N) is 1.